The van der Waals surface area contributed by atoms with E-state index in [9.17, 15) is 4.79 Å². The molecule has 1 aromatic heterocycles. The van der Waals surface area contributed by atoms with E-state index in [1.54, 1.807) is 31.4 Å². The molecule has 0 unspecified atom stereocenters. The van der Waals surface area contributed by atoms with Crippen LogP contribution in [0.2, 0.25) is 0 Å². The highest BCUT2D eigenvalue weighted by Gasteiger charge is 2.09. The molecular formula is C14H11NO3S2. The Morgan fingerprint density at radius 2 is 2.30 bits per heavy atom. The smallest absolute Gasteiger partial charge is 0.345 e. The summed E-state index contributed by atoms with van der Waals surface area (Å²) in [6.07, 6.45) is 0. The monoisotopic (exact) mass is 305 g/mol. The molecule has 1 aromatic carbocycles. The number of nitrogens with zero attached hydrogens (tertiary/aromatic N) is 1. The number of thioether (sulfide) groups is 1. The Labute approximate surface area is 124 Å². The minimum absolute atomic E-state index is 0.324. The van der Waals surface area contributed by atoms with Gasteiger partial charge in [0.15, 0.2) is 0 Å². The number of thiophene rings is 1. The number of carboxylic acids is 1. The van der Waals surface area contributed by atoms with Crippen LogP contribution < -0.4 is 4.74 Å². The van der Waals surface area contributed by atoms with Gasteiger partial charge in [0, 0.05) is 21.6 Å². The van der Waals surface area contributed by atoms with Crippen LogP contribution in [0.4, 0.5) is 0 Å². The molecule has 0 atom stereocenters. The number of carboxylic acid groups (broad SMARTS) is 1. The SMILES string of the molecule is COc1ccc(C#N)cc1CSc1csc(C(=O)O)c1. The minimum Gasteiger partial charge on any atom is -0.496 e. The van der Waals surface area contributed by atoms with Crippen molar-refractivity contribution in [1.29, 1.82) is 5.26 Å². The molecule has 0 amide bonds. The summed E-state index contributed by atoms with van der Waals surface area (Å²) in [7, 11) is 1.59. The van der Waals surface area contributed by atoms with E-state index >= 15 is 0 Å². The molecule has 0 saturated heterocycles. The normalized spacial score (nSPS) is 10.0. The van der Waals surface area contributed by atoms with E-state index in [-0.39, 0.29) is 0 Å². The fourth-order valence-electron chi connectivity index (χ4n) is 1.63. The Morgan fingerprint density at radius 1 is 1.50 bits per heavy atom. The molecular weight excluding hydrogens is 294 g/mol. The van der Waals surface area contributed by atoms with E-state index in [4.69, 9.17) is 15.1 Å². The molecule has 20 heavy (non-hydrogen) atoms. The third-order valence-electron chi connectivity index (χ3n) is 2.59. The molecule has 0 aliphatic rings. The summed E-state index contributed by atoms with van der Waals surface area (Å²) in [5.41, 5.74) is 1.50. The van der Waals surface area contributed by atoms with Crippen molar-refractivity contribution >= 4 is 29.1 Å². The number of rotatable bonds is 5. The number of hydrogen-bond donors (Lipinski definition) is 1. The maximum Gasteiger partial charge on any atom is 0.345 e. The van der Waals surface area contributed by atoms with Gasteiger partial charge in [-0.3, -0.25) is 0 Å². The van der Waals surface area contributed by atoms with Crippen molar-refractivity contribution in [3.8, 4) is 11.8 Å². The maximum atomic E-state index is 10.8. The third-order valence-corrected chi connectivity index (χ3v) is 4.68. The molecule has 0 aliphatic heterocycles. The number of methoxy groups -OCH3 is 1. The predicted octanol–water partition coefficient (Wildman–Crippen LogP) is 3.62. The standard InChI is InChI=1S/C14H11NO3S2/c1-18-12-3-2-9(6-15)4-10(12)7-19-11-5-13(14(16)17)20-8-11/h2-5,8H,7H2,1H3,(H,16,17). The van der Waals surface area contributed by atoms with Gasteiger partial charge in [-0.1, -0.05) is 0 Å². The Bertz CT molecular complexity index is 673. The lowest BCUT2D eigenvalue weighted by Crippen LogP contribution is -1.91. The van der Waals surface area contributed by atoms with Crippen molar-refractivity contribution in [2.24, 2.45) is 0 Å². The van der Waals surface area contributed by atoms with E-state index in [1.165, 1.54) is 23.1 Å². The van der Waals surface area contributed by atoms with Gasteiger partial charge in [0.2, 0.25) is 0 Å². The second-order valence-corrected chi connectivity index (χ2v) is 5.84. The average molecular weight is 305 g/mol. The third kappa shape index (κ3) is 3.32. The minimum atomic E-state index is -0.911. The van der Waals surface area contributed by atoms with Crippen LogP contribution in [-0.2, 0) is 5.75 Å². The van der Waals surface area contributed by atoms with E-state index in [0.717, 1.165) is 16.2 Å². The van der Waals surface area contributed by atoms with Gasteiger partial charge in [-0.05, 0) is 24.3 Å². The van der Waals surface area contributed by atoms with Crippen molar-refractivity contribution in [3.63, 3.8) is 0 Å². The van der Waals surface area contributed by atoms with Crippen LogP contribution in [0.1, 0.15) is 20.8 Å². The van der Waals surface area contributed by atoms with E-state index < -0.39 is 5.97 Å². The first-order chi connectivity index (χ1) is 9.63. The summed E-state index contributed by atoms with van der Waals surface area (Å²) in [6, 6.07) is 9.01. The van der Waals surface area contributed by atoms with Crippen LogP contribution in [0, 0.1) is 11.3 Å². The zero-order valence-electron chi connectivity index (χ0n) is 10.6. The second-order valence-electron chi connectivity index (χ2n) is 3.88. The summed E-state index contributed by atoms with van der Waals surface area (Å²) in [6.45, 7) is 0. The Morgan fingerprint density at radius 3 is 2.90 bits per heavy atom. The Balaban J connectivity index is 2.13. The number of hydrogen-bond acceptors (Lipinski definition) is 5. The lowest BCUT2D eigenvalue weighted by molar-refractivity contribution is 0.0702. The fraction of sp³-hybridized carbons (Fsp3) is 0.143. The second kappa shape index (κ2) is 6.46. The van der Waals surface area contributed by atoms with Crippen molar-refractivity contribution < 1.29 is 14.6 Å². The van der Waals surface area contributed by atoms with E-state index in [2.05, 4.69) is 6.07 Å². The van der Waals surface area contributed by atoms with Crippen molar-refractivity contribution in [2.45, 2.75) is 10.6 Å². The largest absolute Gasteiger partial charge is 0.496 e. The van der Waals surface area contributed by atoms with Gasteiger partial charge < -0.3 is 9.84 Å². The van der Waals surface area contributed by atoms with Crippen molar-refractivity contribution in [2.75, 3.05) is 7.11 Å². The molecule has 102 valence electrons. The van der Waals surface area contributed by atoms with Gasteiger partial charge in [-0.15, -0.1) is 23.1 Å². The Kier molecular flexibility index (Phi) is 4.66. The number of ether oxygens (including phenoxy) is 1. The van der Waals surface area contributed by atoms with Gasteiger partial charge in [-0.2, -0.15) is 5.26 Å². The first kappa shape index (κ1) is 14.4. The molecule has 0 aliphatic carbocycles. The first-order valence-electron chi connectivity index (χ1n) is 5.65. The van der Waals surface area contributed by atoms with Crippen LogP contribution in [0.5, 0.6) is 5.75 Å². The van der Waals surface area contributed by atoms with Gasteiger partial charge in [-0.25, -0.2) is 4.79 Å². The number of nitriles is 1. The lowest BCUT2D eigenvalue weighted by atomic mass is 10.1. The molecule has 2 aromatic rings. The lowest BCUT2D eigenvalue weighted by Gasteiger charge is -2.07. The van der Waals surface area contributed by atoms with Gasteiger partial charge in [0.1, 0.15) is 10.6 Å². The quantitative estimate of drug-likeness (QED) is 0.854. The Hall–Kier alpha value is -1.97. The topological polar surface area (TPSA) is 70.3 Å². The maximum absolute atomic E-state index is 10.8. The van der Waals surface area contributed by atoms with E-state index in [0.29, 0.717) is 16.2 Å². The first-order valence-corrected chi connectivity index (χ1v) is 7.52. The summed E-state index contributed by atoms with van der Waals surface area (Å²) in [4.78, 5) is 12.0. The van der Waals surface area contributed by atoms with Crippen LogP contribution >= 0.6 is 23.1 Å². The fourth-order valence-corrected chi connectivity index (χ4v) is 3.48. The predicted molar refractivity (Wildman–Crippen MR) is 78.5 cm³/mol. The van der Waals surface area contributed by atoms with Gasteiger partial charge in [0.25, 0.3) is 0 Å². The summed E-state index contributed by atoms with van der Waals surface area (Å²) in [5, 5.41) is 19.6. The number of benzene rings is 1. The molecule has 0 bridgehead atoms. The average Bonchev–Trinajstić information content (AvgIpc) is 2.93. The molecule has 4 nitrogen and oxygen atoms in total. The molecule has 2 rings (SSSR count). The summed E-state index contributed by atoms with van der Waals surface area (Å²) < 4.78 is 5.26. The number of carbonyl (C=O) groups is 1. The van der Waals surface area contributed by atoms with Crippen LogP contribution in [0.25, 0.3) is 0 Å². The summed E-state index contributed by atoms with van der Waals surface area (Å²) in [5.74, 6) is 0.435. The summed E-state index contributed by atoms with van der Waals surface area (Å²) >= 11 is 2.72. The van der Waals surface area contributed by atoms with Gasteiger partial charge in [0.05, 0.1) is 18.7 Å². The highest BCUT2D eigenvalue weighted by Crippen LogP contribution is 2.31. The van der Waals surface area contributed by atoms with Gasteiger partial charge >= 0.3 is 5.97 Å². The zero-order valence-corrected chi connectivity index (χ0v) is 12.3. The molecule has 1 N–H and O–H groups in total. The molecule has 0 spiro atoms. The van der Waals surface area contributed by atoms with Crippen LogP contribution in [0.15, 0.2) is 34.5 Å². The van der Waals surface area contributed by atoms with E-state index in [1.807, 2.05) is 5.38 Å². The highest BCUT2D eigenvalue weighted by atomic mass is 32.2. The molecule has 1 heterocycles. The molecule has 6 heteroatoms. The zero-order chi connectivity index (χ0) is 14.5. The molecule has 0 radical (unpaired) electrons. The van der Waals surface area contributed by atoms with Crippen molar-refractivity contribution in [3.05, 3.63) is 45.6 Å². The van der Waals surface area contributed by atoms with Crippen molar-refractivity contribution in [1.82, 2.24) is 0 Å². The van der Waals surface area contributed by atoms with Crippen LogP contribution in [0.3, 0.4) is 0 Å². The molecule has 0 saturated carbocycles. The van der Waals surface area contributed by atoms with Crippen LogP contribution in [-0.4, -0.2) is 18.2 Å². The molecule has 0 fully saturated rings. The number of aromatic carboxylic acids is 1. The highest BCUT2D eigenvalue weighted by molar-refractivity contribution is 7.98.